The number of phenolic OH excluding ortho intramolecular Hbond substituents is 1. The SMILES string of the molecule is CC1=C(Cl)C(Cl)=C(C(=O)CCc2cc(C)c(O)c(C(C)(C)C)c2)C1. The summed E-state index contributed by atoms with van der Waals surface area (Å²) in [5.41, 5.74) is 4.20. The van der Waals surface area contributed by atoms with Gasteiger partial charge in [-0.05, 0) is 54.4 Å². The second kappa shape index (κ2) is 6.93. The Kier molecular flexibility index (Phi) is 5.51. The Morgan fingerprint density at radius 2 is 1.79 bits per heavy atom. The second-order valence-electron chi connectivity index (χ2n) is 7.55. The highest BCUT2D eigenvalue weighted by Crippen LogP contribution is 2.38. The van der Waals surface area contributed by atoms with E-state index in [9.17, 15) is 9.90 Å². The summed E-state index contributed by atoms with van der Waals surface area (Å²) in [5, 5.41) is 11.2. The fourth-order valence-electron chi connectivity index (χ4n) is 2.94. The molecule has 130 valence electrons. The molecule has 0 heterocycles. The first-order valence-corrected chi connectivity index (χ1v) is 8.88. The lowest BCUT2D eigenvalue weighted by atomic mass is 9.83. The van der Waals surface area contributed by atoms with Gasteiger partial charge in [0.25, 0.3) is 0 Å². The van der Waals surface area contributed by atoms with E-state index >= 15 is 0 Å². The third-order valence-electron chi connectivity index (χ3n) is 4.42. The molecule has 0 fully saturated rings. The van der Waals surface area contributed by atoms with Crippen molar-refractivity contribution in [2.75, 3.05) is 0 Å². The molecular formula is C20H24Cl2O2. The number of phenols is 1. The lowest BCUT2D eigenvalue weighted by Gasteiger charge is -2.22. The van der Waals surface area contributed by atoms with E-state index in [-0.39, 0.29) is 11.2 Å². The summed E-state index contributed by atoms with van der Waals surface area (Å²) in [5.74, 6) is 0.378. The summed E-state index contributed by atoms with van der Waals surface area (Å²) >= 11 is 12.3. The quantitative estimate of drug-likeness (QED) is 0.718. The van der Waals surface area contributed by atoms with E-state index in [0.29, 0.717) is 40.6 Å². The summed E-state index contributed by atoms with van der Waals surface area (Å²) in [4.78, 5) is 12.5. The number of benzene rings is 1. The Balaban J connectivity index is 2.16. The summed E-state index contributed by atoms with van der Waals surface area (Å²) in [6.45, 7) is 9.98. The van der Waals surface area contributed by atoms with Crippen molar-refractivity contribution in [2.45, 2.75) is 59.3 Å². The first-order chi connectivity index (χ1) is 11.0. The highest BCUT2D eigenvalue weighted by molar-refractivity contribution is 6.46. The summed E-state index contributed by atoms with van der Waals surface area (Å²) < 4.78 is 0. The molecule has 0 radical (unpaired) electrons. The number of carbonyl (C=O) groups is 1. The van der Waals surface area contributed by atoms with E-state index in [1.165, 1.54) is 0 Å². The number of hydrogen-bond donors (Lipinski definition) is 1. The molecule has 4 heteroatoms. The molecule has 1 aliphatic rings. The number of carbonyl (C=O) groups excluding carboxylic acids is 1. The van der Waals surface area contributed by atoms with Gasteiger partial charge in [0.05, 0.1) is 10.1 Å². The van der Waals surface area contributed by atoms with E-state index < -0.39 is 0 Å². The average molecular weight is 367 g/mol. The van der Waals surface area contributed by atoms with Crippen LogP contribution in [0.1, 0.15) is 57.2 Å². The van der Waals surface area contributed by atoms with E-state index in [2.05, 4.69) is 20.8 Å². The van der Waals surface area contributed by atoms with Gasteiger partial charge in [0, 0.05) is 12.0 Å². The molecule has 0 aromatic heterocycles. The molecule has 0 atom stereocenters. The smallest absolute Gasteiger partial charge is 0.161 e. The predicted octanol–water partition coefficient (Wildman–Crippen LogP) is 5.91. The maximum Gasteiger partial charge on any atom is 0.161 e. The number of rotatable bonds is 4. The number of allylic oxidation sites excluding steroid dienone is 4. The van der Waals surface area contributed by atoms with Crippen LogP contribution in [0, 0.1) is 6.92 Å². The molecule has 2 nitrogen and oxygen atoms in total. The van der Waals surface area contributed by atoms with Gasteiger partial charge < -0.3 is 5.11 Å². The normalized spacial score (nSPS) is 15.5. The Labute approximate surface area is 154 Å². The van der Waals surface area contributed by atoms with Crippen LogP contribution in [0.5, 0.6) is 5.75 Å². The molecule has 0 amide bonds. The second-order valence-corrected chi connectivity index (χ2v) is 8.30. The molecule has 1 N–H and O–H groups in total. The monoisotopic (exact) mass is 366 g/mol. The fraction of sp³-hybridized carbons (Fsp3) is 0.450. The van der Waals surface area contributed by atoms with Gasteiger partial charge in [-0.3, -0.25) is 4.79 Å². The molecule has 24 heavy (non-hydrogen) atoms. The number of ketones is 1. The number of Topliss-reactive ketones (excluding diaryl/α,β-unsaturated/α-hetero) is 1. The predicted molar refractivity (Wildman–Crippen MR) is 101 cm³/mol. The standard InChI is InChI=1S/C20H24Cl2O2/c1-11-9-14(18(22)17(11)21)16(23)7-6-13-8-12(2)19(24)15(10-13)20(3,4)5/h8,10,24H,6-7,9H2,1-5H3. The Bertz CT molecular complexity index is 750. The number of aryl methyl sites for hydroxylation is 2. The topological polar surface area (TPSA) is 37.3 Å². The van der Waals surface area contributed by atoms with Crippen molar-refractivity contribution in [3.05, 3.63) is 50.0 Å². The lowest BCUT2D eigenvalue weighted by molar-refractivity contribution is -0.115. The molecule has 1 aromatic rings. The Hall–Kier alpha value is -1.25. The van der Waals surface area contributed by atoms with Crippen LogP contribution in [0.4, 0.5) is 0 Å². The maximum atomic E-state index is 12.5. The van der Waals surface area contributed by atoms with Crippen molar-refractivity contribution >= 4 is 29.0 Å². The van der Waals surface area contributed by atoms with Crippen LogP contribution in [0.15, 0.2) is 33.3 Å². The van der Waals surface area contributed by atoms with Crippen molar-refractivity contribution in [3.63, 3.8) is 0 Å². The third kappa shape index (κ3) is 3.87. The minimum absolute atomic E-state index is 0.0398. The summed E-state index contributed by atoms with van der Waals surface area (Å²) in [6.07, 6.45) is 1.54. The van der Waals surface area contributed by atoms with Crippen molar-refractivity contribution in [2.24, 2.45) is 0 Å². The van der Waals surface area contributed by atoms with Crippen LogP contribution in [-0.4, -0.2) is 10.9 Å². The van der Waals surface area contributed by atoms with Crippen molar-refractivity contribution < 1.29 is 9.90 Å². The highest BCUT2D eigenvalue weighted by atomic mass is 35.5. The minimum Gasteiger partial charge on any atom is -0.507 e. The van der Waals surface area contributed by atoms with Gasteiger partial charge in [-0.15, -0.1) is 0 Å². The van der Waals surface area contributed by atoms with Crippen LogP contribution < -0.4 is 0 Å². The van der Waals surface area contributed by atoms with E-state index in [1.807, 2.05) is 26.0 Å². The lowest BCUT2D eigenvalue weighted by Crippen LogP contribution is -2.13. The zero-order valence-electron chi connectivity index (χ0n) is 14.9. The zero-order chi connectivity index (χ0) is 18.2. The Morgan fingerprint density at radius 1 is 1.17 bits per heavy atom. The van der Waals surface area contributed by atoms with Crippen LogP contribution >= 0.6 is 23.2 Å². The summed E-state index contributed by atoms with van der Waals surface area (Å²) in [6, 6.07) is 3.94. The molecule has 0 saturated heterocycles. The molecule has 0 unspecified atom stereocenters. The molecule has 0 aliphatic heterocycles. The van der Waals surface area contributed by atoms with Gasteiger partial charge in [-0.1, -0.05) is 56.1 Å². The van der Waals surface area contributed by atoms with Gasteiger partial charge in [-0.2, -0.15) is 0 Å². The van der Waals surface area contributed by atoms with E-state index in [4.69, 9.17) is 23.2 Å². The Morgan fingerprint density at radius 3 is 2.29 bits per heavy atom. The molecule has 2 rings (SSSR count). The van der Waals surface area contributed by atoms with Crippen LogP contribution in [0.3, 0.4) is 0 Å². The largest absolute Gasteiger partial charge is 0.507 e. The number of halogens is 2. The highest BCUT2D eigenvalue weighted by Gasteiger charge is 2.25. The fourth-order valence-corrected chi connectivity index (χ4v) is 3.45. The summed E-state index contributed by atoms with van der Waals surface area (Å²) in [7, 11) is 0. The molecule has 1 aromatic carbocycles. The van der Waals surface area contributed by atoms with Crippen molar-refractivity contribution in [3.8, 4) is 5.75 Å². The van der Waals surface area contributed by atoms with E-state index in [0.717, 1.165) is 22.3 Å². The van der Waals surface area contributed by atoms with Crippen LogP contribution in [0.2, 0.25) is 0 Å². The number of aromatic hydroxyl groups is 1. The molecule has 0 saturated carbocycles. The number of hydrogen-bond acceptors (Lipinski definition) is 2. The van der Waals surface area contributed by atoms with Gasteiger partial charge in [0.2, 0.25) is 0 Å². The molecule has 1 aliphatic carbocycles. The van der Waals surface area contributed by atoms with E-state index in [1.54, 1.807) is 0 Å². The molecule has 0 spiro atoms. The van der Waals surface area contributed by atoms with Crippen LogP contribution in [-0.2, 0) is 16.6 Å². The third-order valence-corrected chi connectivity index (χ3v) is 5.45. The van der Waals surface area contributed by atoms with Gasteiger partial charge in [0.1, 0.15) is 5.75 Å². The first kappa shape index (κ1) is 19.1. The molecular weight excluding hydrogens is 343 g/mol. The van der Waals surface area contributed by atoms with Crippen LogP contribution in [0.25, 0.3) is 0 Å². The van der Waals surface area contributed by atoms with Crippen molar-refractivity contribution in [1.29, 1.82) is 0 Å². The van der Waals surface area contributed by atoms with Crippen molar-refractivity contribution in [1.82, 2.24) is 0 Å². The van der Waals surface area contributed by atoms with Gasteiger partial charge >= 0.3 is 0 Å². The molecule has 0 bridgehead atoms. The minimum atomic E-state index is -0.152. The van der Waals surface area contributed by atoms with Gasteiger partial charge in [-0.25, -0.2) is 0 Å². The zero-order valence-corrected chi connectivity index (χ0v) is 16.4. The van der Waals surface area contributed by atoms with Gasteiger partial charge in [0.15, 0.2) is 5.78 Å². The maximum absolute atomic E-state index is 12.5. The first-order valence-electron chi connectivity index (χ1n) is 8.12. The average Bonchev–Trinajstić information content (AvgIpc) is 2.74.